The van der Waals surface area contributed by atoms with E-state index >= 15 is 0 Å². The third-order valence-electron chi connectivity index (χ3n) is 2.70. The first-order valence-electron chi connectivity index (χ1n) is 6.06. The van der Waals surface area contributed by atoms with Gasteiger partial charge in [-0.2, -0.15) is 0 Å². The van der Waals surface area contributed by atoms with E-state index in [-0.39, 0.29) is 11.3 Å². The number of carbonyl (C=O) groups is 1. The Morgan fingerprint density at radius 3 is 3.00 bits per heavy atom. The van der Waals surface area contributed by atoms with Crippen LogP contribution in [0.1, 0.15) is 23.7 Å². The van der Waals surface area contributed by atoms with E-state index in [2.05, 4.69) is 4.98 Å². The second kappa shape index (κ2) is 6.13. The number of Topliss-reactive ketones (excluding diaryl/α,β-unsaturated/α-hetero) is 1. The molecule has 0 aliphatic rings. The summed E-state index contributed by atoms with van der Waals surface area (Å²) in [5.41, 5.74) is 0.280. The van der Waals surface area contributed by atoms with Crippen LogP contribution in [0, 0.1) is 5.82 Å². The molecule has 0 aliphatic heterocycles. The van der Waals surface area contributed by atoms with Crippen molar-refractivity contribution in [2.75, 3.05) is 6.61 Å². The van der Waals surface area contributed by atoms with Gasteiger partial charge in [-0.15, -0.1) is 0 Å². The highest BCUT2D eigenvalue weighted by atomic mass is 19.1. The van der Waals surface area contributed by atoms with Crippen LogP contribution in [0.4, 0.5) is 4.39 Å². The van der Waals surface area contributed by atoms with Gasteiger partial charge in [0.15, 0.2) is 5.78 Å². The van der Waals surface area contributed by atoms with Gasteiger partial charge in [0.2, 0.25) is 0 Å². The van der Waals surface area contributed by atoms with Crippen molar-refractivity contribution in [1.29, 1.82) is 0 Å². The standard InChI is InChI=1S/C14H15FN2O2/c1-11(18)13-9-12(15)3-4-14(13)19-8-2-6-17-7-5-16-10-17/h3-5,7,9-10H,2,6,8H2,1H3. The third-order valence-corrected chi connectivity index (χ3v) is 2.70. The Hall–Kier alpha value is -2.17. The maximum absolute atomic E-state index is 13.1. The summed E-state index contributed by atoms with van der Waals surface area (Å²) in [6, 6.07) is 3.98. The zero-order valence-electron chi connectivity index (χ0n) is 10.7. The smallest absolute Gasteiger partial charge is 0.163 e. The fourth-order valence-corrected chi connectivity index (χ4v) is 1.75. The van der Waals surface area contributed by atoms with Crippen molar-refractivity contribution in [1.82, 2.24) is 9.55 Å². The highest BCUT2D eigenvalue weighted by Gasteiger charge is 2.09. The fraction of sp³-hybridized carbons (Fsp3) is 0.286. The van der Waals surface area contributed by atoms with E-state index in [1.807, 2.05) is 10.8 Å². The summed E-state index contributed by atoms with van der Waals surface area (Å²) in [6.45, 7) is 2.65. The second-order valence-corrected chi connectivity index (χ2v) is 4.20. The lowest BCUT2D eigenvalue weighted by Gasteiger charge is -2.10. The average molecular weight is 262 g/mol. The fourth-order valence-electron chi connectivity index (χ4n) is 1.75. The van der Waals surface area contributed by atoms with Gasteiger partial charge < -0.3 is 9.30 Å². The quantitative estimate of drug-likeness (QED) is 0.594. The molecule has 1 heterocycles. The first-order chi connectivity index (χ1) is 9.16. The molecule has 0 atom stereocenters. The first-order valence-corrected chi connectivity index (χ1v) is 6.06. The molecule has 0 spiro atoms. The Bertz CT molecular complexity index is 553. The van der Waals surface area contributed by atoms with Crippen LogP contribution in [-0.2, 0) is 6.54 Å². The van der Waals surface area contributed by atoms with Crippen LogP contribution in [0.5, 0.6) is 5.75 Å². The molecule has 2 aromatic rings. The third kappa shape index (κ3) is 3.64. The first kappa shape index (κ1) is 13.3. The van der Waals surface area contributed by atoms with Gasteiger partial charge in [-0.25, -0.2) is 9.37 Å². The number of hydrogen-bond donors (Lipinski definition) is 0. The predicted octanol–water partition coefficient (Wildman–Crippen LogP) is 2.69. The normalized spacial score (nSPS) is 10.4. The van der Waals surface area contributed by atoms with Crippen LogP contribution in [0.25, 0.3) is 0 Å². The summed E-state index contributed by atoms with van der Waals surface area (Å²) in [6.07, 6.45) is 6.11. The molecule has 0 bridgehead atoms. The minimum Gasteiger partial charge on any atom is -0.493 e. The Balaban J connectivity index is 1.90. The van der Waals surface area contributed by atoms with Gasteiger partial charge in [0.1, 0.15) is 11.6 Å². The van der Waals surface area contributed by atoms with Crippen LogP contribution in [0.15, 0.2) is 36.9 Å². The predicted molar refractivity (Wildman–Crippen MR) is 68.7 cm³/mol. The molecule has 19 heavy (non-hydrogen) atoms. The lowest BCUT2D eigenvalue weighted by Crippen LogP contribution is -2.06. The molecule has 2 rings (SSSR count). The van der Waals surface area contributed by atoms with Crippen molar-refractivity contribution >= 4 is 5.78 Å². The minimum atomic E-state index is -0.434. The van der Waals surface area contributed by atoms with E-state index in [4.69, 9.17) is 4.74 Å². The molecule has 0 radical (unpaired) electrons. The van der Waals surface area contributed by atoms with Crippen molar-refractivity contribution in [3.63, 3.8) is 0 Å². The molecule has 0 fully saturated rings. The summed E-state index contributed by atoms with van der Waals surface area (Å²) < 4.78 is 20.5. The van der Waals surface area contributed by atoms with Gasteiger partial charge in [0.25, 0.3) is 0 Å². The molecule has 0 amide bonds. The van der Waals surface area contributed by atoms with Crippen molar-refractivity contribution in [2.45, 2.75) is 19.9 Å². The number of hydrogen-bond acceptors (Lipinski definition) is 3. The van der Waals surface area contributed by atoms with E-state index in [1.165, 1.54) is 25.1 Å². The number of carbonyl (C=O) groups excluding carboxylic acids is 1. The molecule has 0 aliphatic carbocycles. The maximum Gasteiger partial charge on any atom is 0.163 e. The zero-order valence-corrected chi connectivity index (χ0v) is 10.7. The number of aryl methyl sites for hydroxylation is 1. The van der Waals surface area contributed by atoms with Crippen molar-refractivity contribution < 1.29 is 13.9 Å². The zero-order chi connectivity index (χ0) is 13.7. The summed E-state index contributed by atoms with van der Waals surface area (Å²) in [5, 5.41) is 0. The maximum atomic E-state index is 13.1. The lowest BCUT2D eigenvalue weighted by atomic mass is 10.1. The molecule has 4 nitrogen and oxygen atoms in total. The van der Waals surface area contributed by atoms with Crippen LogP contribution in [-0.4, -0.2) is 21.9 Å². The van der Waals surface area contributed by atoms with Gasteiger partial charge in [-0.05, 0) is 31.5 Å². The molecule has 0 saturated heterocycles. The summed E-state index contributed by atoms with van der Waals surface area (Å²) in [4.78, 5) is 15.3. The number of ether oxygens (including phenoxy) is 1. The van der Waals surface area contributed by atoms with Crippen molar-refractivity contribution in [2.24, 2.45) is 0 Å². The Labute approximate surface area is 110 Å². The summed E-state index contributed by atoms with van der Waals surface area (Å²) in [5.74, 6) is -0.209. The molecule has 0 saturated carbocycles. The van der Waals surface area contributed by atoms with Gasteiger partial charge in [0.05, 0.1) is 18.5 Å². The van der Waals surface area contributed by atoms with Crippen LogP contribution in [0.2, 0.25) is 0 Å². The number of rotatable bonds is 6. The Morgan fingerprint density at radius 2 is 2.32 bits per heavy atom. The van der Waals surface area contributed by atoms with E-state index in [0.29, 0.717) is 12.4 Å². The van der Waals surface area contributed by atoms with E-state index in [0.717, 1.165) is 13.0 Å². The summed E-state index contributed by atoms with van der Waals surface area (Å²) >= 11 is 0. The van der Waals surface area contributed by atoms with E-state index in [9.17, 15) is 9.18 Å². The lowest BCUT2D eigenvalue weighted by molar-refractivity contribution is 0.101. The topological polar surface area (TPSA) is 44.1 Å². The Kier molecular flexibility index (Phi) is 4.28. The van der Waals surface area contributed by atoms with Gasteiger partial charge in [0, 0.05) is 18.9 Å². The number of aromatic nitrogens is 2. The number of benzene rings is 1. The van der Waals surface area contributed by atoms with Crippen LogP contribution >= 0.6 is 0 Å². The molecular weight excluding hydrogens is 247 g/mol. The highest BCUT2D eigenvalue weighted by Crippen LogP contribution is 2.20. The number of nitrogens with zero attached hydrogens (tertiary/aromatic N) is 2. The molecular formula is C14H15FN2O2. The molecule has 1 aromatic heterocycles. The minimum absolute atomic E-state index is 0.205. The SMILES string of the molecule is CC(=O)c1cc(F)ccc1OCCCn1ccnc1. The van der Waals surface area contributed by atoms with Gasteiger partial charge >= 0.3 is 0 Å². The number of halogens is 1. The largest absolute Gasteiger partial charge is 0.493 e. The average Bonchev–Trinajstić information content (AvgIpc) is 2.89. The Morgan fingerprint density at radius 1 is 1.47 bits per heavy atom. The molecule has 100 valence electrons. The molecule has 0 unspecified atom stereocenters. The second-order valence-electron chi connectivity index (χ2n) is 4.20. The van der Waals surface area contributed by atoms with Crippen LogP contribution in [0.3, 0.4) is 0 Å². The van der Waals surface area contributed by atoms with Gasteiger partial charge in [-0.3, -0.25) is 4.79 Å². The number of imidazole rings is 1. The molecule has 5 heteroatoms. The molecule has 0 N–H and O–H groups in total. The summed E-state index contributed by atoms with van der Waals surface area (Å²) in [7, 11) is 0. The van der Waals surface area contributed by atoms with Crippen LogP contribution < -0.4 is 4.74 Å². The molecule has 1 aromatic carbocycles. The highest BCUT2D eigenvalue weighted by molar-refractivity contribution is 5.96. The van der Waals surface area contributed by atoms with Crippen molar-refractivity contribution in [3.05, 3.63) is 48.3 Å². The van der Waals surface area contributed by atoms with Gasteiger partial charge in [-0.1, -0.05) is 0 Å². The van der Waals surface area contributed by atoms with E-state index in [1.54, 1.807) is 12.5 Å². The number of ketones is 1. The van der Waals surface area contributed by atoms with Crippen molar-refractivity contribution in [3.8, 4) is 5.75 Å². The van der Waals surface area contributed by atoms with E-state index < -0.39 is 5.82 Å². The monoisotopic (exact) mass is 262 g/mol.